The fourth-order valence-electron chi connectivity index (χ4n) is 3.65. The highest BCUT2D eigenvalue weighted by Crippen LogP contribution is 2.41. The van der Waals surface area contributed by atoms with Gasteiger partial charge in [0.25, 0.3) is 0 Å². The van der Waals surface area contributed by atoms with Crippen molar-refractivity contribution in [2.75, 3.05) is 13.1 Å². The number of halogens is 3. The lowest BCUT2D eigenvalue weighted by molar-refractivity contribution is -0.140. The van der Waals surface area contributed by atoms with E-state index in [0.29, 0.717) is 50.3 Å². The molecule has 31 heavy (non-hydrogen) atoms. The number of benzene rings is 1. The number of carboxylic acids is 1. The number of likely N-dealkylation sites (tertiary alicyclic amines) is 1. The molecular weight excluding hydrogens is 411 g/mol. The average Bonchev–Trinajstić information content (AvgIpc) is 3.54. The van der Waals surface area contributed by atoms with Gasteiger partial charge in [0.05, 0.1) is 5.56 Å². The Kier molecular flexibility index (Phi) is 5.60. The summed E-state index contributed by atoms with van der Waals surface area (Å²) in [6.07, 6.45) is -1.31. The number of aromatic nitrogens is 1. The molecule has 2 aromatic rings. The number of amidine groups is 1. The third-order valence-corrected chi connectivity index (χ3v) is 5.56. The maximum absolute atomic E-state index is 13.2. The fraction of sp³-hybridized carbons (Fsp3) is 0.409. The highest BCUT2D eigenvalue weighted by molar-refractivity contribution is 5.99. The molecule has 0 unspecified atom stereocenters. The first-order chi connectivity index (χ1) is 14.8. The fourth-order valence-corrected chi connectivity index (χ4v) is 3.65. The third-order valence-electron chi connectivity index (χ3n) is 5.56. The molecule has 2 aliphatic rings. The van der Waals surface area contributed by atoms with Crippen molar-refractivity contribution < 1.29 is 27.8 Å². The standard InChI is InChI=1S/C22H22F3N3O3/c23-22(24,25)16-5-1-2-7-18(16)31-15-8-13-28(14-9-15)19(17-6-3-4-12-26-17)27-21(10-11-21)20(29)30/h1-7,12,15H,8-11,13-14H2,(H,29,30). The Balaban J connectivity index is 1.49. The van der Waals surface area contributed by atoms with Crippen LogP contribution in [0.25, 0.3) is 0 Å². The molecule has 1 aromatic carbocycles. The monoisotopic (exact) mass is 433 g/mol. The zero-order chi connectivity index (χ0) is 22.1. The Labute approximate surface area is 177 Å². The normalized spacial score (nSPS) is 19.2. The highest BCUT2D eigenvalue weighted by atomic mass is 19.4. The molecule has 0 spiro atoms. The van der Waals surface area contributed by atoms with E-state index in [1.54, 1.807) is 18.3 Å². The van der Waals surface area contributed by atoms with E-state index < -0.39 is 23.2 Å². The Bertz CT molecular complexity index is 967. The van der Waals surface area contributed by atoms with E-state index in [4.69, 9.17) is 4.74 Å². The average molecular weight is 433 g/mol. The summed E-state index contributed by atoms with van der Waals surface area (Å²) in [6, 6.07) is 10.6. The van der Waals surface area contributed by atoms with Crippen LogP contribution in [-0.2, 0) is 11.0 Å². The van der Waals surface area contributed by atoms with Gasteiger partial charge in [0.2, 0.25) is 0 Å². The molecule has 0 bridgehead atoms. The lowest BCUT2D eigenvalue weighted by Crippen LogP contribution is -2.43. The molecule has 0 atom stereocenters. The Morgan fingerprint density at radius 1 is 1.13 bits per heavy atom. The van der Waals surface area contributed by atoms with Gasteiger partial charge < -0.3 is 14.7 Å². The van der Waals surface area contributed by atoms with Crippen LogP contribution in [0.1, 0.15) is 36.9 Å². The van der Waals surface area contributed by atoms with Gasteiger partial charge in [-0.15, -0.1) is 0 Å². The molecule has 2 heterocycles. The van der Waals surface area contributed by atoms with Crippen LogP contribution in [0.15, 0.2) is 53.7 Å². The molecule has 9 heteroatoms. The molecule has 0 radical (unpaired) electrons. The van der Waals surface area contributed by atoms with Crippen molar-refractivity contribution in [3.8, 4) is 5.75 Å². The van der Waals surface area contributed by atoms with Gasteiger partial charge in [0, 0.05) is 32.1 Å². The highest BCUT2D eigenvalue weighted by Gasteiger charge is 2.51. The predicted molar refractivity (Wildman–Crippen MR) is 107 cm³/mol. The van der Waals surface area contributed by atoms with Gasteiger partial charge in [0.1, 0.15) is 17.5 Å². The zero-order valence-corrected chi connectivity index (χ0v) is 16.7. The van der Waals surface area contributed by atoms with Crippen LogP contribution in [-0.4, -0.2) is 51.5 Å². The number of hydrogen-bond donors (Lipinski definition) is 1. The minimum absolute atomic E-state index is 0.171. The van der Waals surface area contributed by atoms with Gasteiger partial charge >= 0.3 is 12.1 Å². The molecule has 2 fully saturated rings. The quantitative estimate of drug-likeness (QED) is 0.570. The van der Waals surface area contributed by atoms with Crippen molar-refractivity contribution in [3.63, 3.8) is 0 Å². The number of aliphatic imine (C=N–C) groups is 1. The van der Waals surface area contributed by atoms with Gasteiger partial charge in [-0.05, 0) is 37.1 Å². The molecule has 1 aliphatic carbocycles. The van der Waals surface area contributed by atoms with E-state index in [1.807, 2.05) is 11.0 Å². The summed E-state index contributed by atoms with van der Waals surface area (Å²) in [6.45, 7) is 0.952. The van der Waals surface area contributed by atoms with Crippen molar-refractivity contribution in [2.24, 2.45) is 4.99 Å². The molecule has 1 saturated carbocycles. The van der Waals surface area contributed by atoms with Crippen LogP contribution in [0.4, 0.5) is 13.2 Å². The van der Waals surface area contributed by atoms with E-state index in [0.717, 1.165) is 6.07 Å². The molecule has 4 rings (SSSR count). The number of hydrogen-bond acceptors (Lipinski definition) is 4. The van der Waals surface area contributed by atoms with Gasteiger partial charge in [-0.3, -0.25) is 4.98 Å². The second kappa shape index (κ2) is 8.20. The predicted octanol–water partition coefficient (Wildman–Crippen LogP) is 4.01. The van der Waals surface area contributed by atoms with Crippen LogP contribution in [0.5, 0.6) is 5.75 Å². The smallest absolute Gasteiger partial charge is 0.419 e. The summed E-state index contributed by atoms with van der Waals surface area (Å²) in [4.78, 5) is 22.5. The first kappa shape index (κ1) is 21.1. The topological polar surface area (TPSA) is 75.0 Å². The molecule has 1 saturated heterocycles. The van der Waals surface area contributed by atoms with Crippen LogP contribution >= 0.6 is 0 Å². The molecule has 0 amide bonds. The SMILES string of the molecule is O=C(O)C1(N=C(c2ccccn2)N2CCC(Oc3ccccc3C(F)(F)F)CC2)CC1. The molecule has 1 N–H and O–H groups in total. The van der Waals surface area contributed by atoms with Crippen molar-refractivity contribution >= 4 is 11.8 Å². The maximum Gasteiger partial charge on any atom is 0.419 e. The number of piperidine rings is 1. The Morgan fingerprint density at radius 2 is 1.81 bits per heavy atom. The number of rotatable bonds is 5. The Hall–Kier alpha value is -3.10. The number of aliphatic carboxylic acids is 1. The van der Waals surface area contributed by atoms with Crippen molar-refractivity contribution in [1.82, 2.24) is 9.88 Å². The number of carbonyl (C=O) groups is 1. The summed E-state index contributed by atoms with van der Waals surface area (Å²) in [5, 5.41) is 9.54. The molecular formula is C22H22F3N3O3. The van der Waals surface area contributed by atoms with E-state index in [9.17, 15) is 23.1 Å². The molecule has 1 aromatic heterocycles. The minimum atomic E-state index is -4.48. The second-order valence-corrected chi connectivity index (χ2v) is 7.79. The van der Waals surface area contributed by atoms with E-state index in [2.05, 4.69) is 9.98 Å². The van der Waals surface area contributed by atoms with Gasteiger partial charge in [0.15, 0.2) is 11.4 Å². The largest absolute Gasteiger partial charge is 0.490 e. The van der Waals surface area contributed by atoms with Crippen LogP contribution in [0.3, 0.4) is 0 Å². The summed E-state index contributed by atoms with van der Waals surface area (Å²) in [5.41, 5.74) is -1.31. The first-order valence-corrected chi connectivity index (χ1v) is 10.1. The van der Waals surface area contributed by atoms with E-state index >= 15 is 0 Å². The summed E-state index contributed by atoms with van der Waals surface area (Å²) in [5.74, 6) is -0.618. The number of pyridine rings is 1. The number of nitrogens with zero attached hydrogens (tertiary/aromatic N) is 3. The van der Waals surface area contributed by atoms with E-state index in [-0.39, 0.29) is 11.9 Å². The number of ether oxygens (including phenoxy) is 1. The number of para-hydroxylation sites is 1. The van der Waals surface area contributed by atoms with Gasteiger partial charge in [-0.2, -0.15) is 13.2 Å². The third kappa shape index (κ3) is 4.65. The van der Waals surface area contributed by atoms with E-state index in [1.165, 1.54) is 18.2 Å². The minimum Gasteiger partial charge on any atom is -0.490 e. The van der Waals surface area contributed by atoms with Gasteiger partial charge in [-0.25, -0.2) is 9.79 Å². The van der Waals surface area contributed by atoms with Crippen LogP contribution in [0.2, 0.25) is 0 Å². The molecule has 164 valence electrons. The van der Waals surface area contributed by atoms with Crippen molar-refractivity contribution in [1.29, 1.82) is 0 Å². The molecule has 6 nitrogen and oxygen atoms in total. The Morgan fingerprint density at radius 3 is 2.39 bits per heavy atom. The van der Waals surface area contributed by atoms with Crippen LogP contribution in [0, 0.1) is 0 Å². The summed E-state index contributed by atoms with van der Waals surface area (Å²) in [7, 11) is 0. The van der Waals surface area contributed by atoms with Crippen molar-refractivity contribution in [3.05, 3.63) is 59.9 Å². The summed E-state index contributed by atoms with van der Waals surface area (Å²) < 4.78 is 45.4. The number of carboxylic acid groups (broad SMARTS) is 1. The first-order valence-electron chi connectivity index (χ1n) is 10.1. The van der Waals surface area contributed by atoms with Gasteiger partial charge in [-0.1, -0.05) is 18.2 Å². The van der Waals surface area contributed by atoms with Crippen LogP contribution < -0.4 is 4.74 Å². The van der Waals surface area contributed by atoms with Crippen molar-refractivity contribution in [2.45, 2.75) is 43.5 Å². The number of alkyl halides is 3. The maximum atomic E-state index is 13.2. The second-order valence-electron chi connectivity index (χ2n) is 7.79. The lowest BCUT2D eigenvalue weighted by atomic mass is 10.1. The zero-order valence-electron chi connectivity index (χ0n) is 16.7. The summed E-state index contributed by atoms with van der Waals surface area (Å²) >= 11 is 0. The lowest BCUT2D eigenvalue weighted by Gasteiger charge is -2.34. The molecule has 1 aliphatic heterocycles.